The highest BCUT2D eigenvalue weighted by molar-refractivity contribution is 5.84. The third-order valence-corrected chi connectivity index (χ3v) is 3.43. The number of amides is 2. The summed E-state index contributed by atoms with van der Waals surface area (Å²) in [6.07, 6.45) is 2.05. The van der Waals surface area contributed by atoms with Crippen LogP contribution in [0, 0.1) is 5.92 Å². The van der Waals surface area contributed by atoms with Crippen molar-refractivity contribution in [3.63, 3.8) is 0 Å². The molecule has 0 aliphatic heterocycles. The smallest absolute Gasteiger partial charge is 0.308 e. The van der Waals surface area contributed by atoms with E-state index in [0.717, 1.165) is 12.8 Å². The Morgan fingerprint density at radius 3 is 2.00 bits per heavy atom. The van der Waals surface area contributed by atoms with Crippen molar-refractivity contribution in [3.05, 3.63) is 0 Å². The molecule has 2 N–H and O–H groups in total. The fourth-order valence-electron chi connectivity index (χ4n) is 1.94. The average molecular weight is 300 g/mol. The van der Waals surface area contributed by atoms with Crippen LogP contribution >= 0.6 is 0 Å². The third-order valence-electron chi connectivity index (χ3n) is 3.43. The fourth-order valence-corrected chi connectivity index (χ4v) is 1.94. The number of nitrogens with zero attached hydrogens (tertiary/aromatic N) is 1. The number of carbonyl (C=O) groups is 3. The largest absolute Gasteiger partial charge is 0.481 e. The third kappa shape index (κ3) is 7.68. The van der Waals surface area contributed by atoms with Crippen LogP contribution in [0.3, 0.4) is 0 Å². The lowest BCUT2D eigenvalue weighted by atomic mass is 10.0. The van der Waals surface area contributed by atoms with Gasteiger partial charge in [-0.2, -0.15) is 0 Å². The van der Waals surface area contributed by atoms with Crippen molar-refractivity contribution < 1.29 is 19.5 Å². The predicted molar refractivity (Wildman–Crippen MR) is 80.8 cm³/mol. The second-order valence-corrected chi connectivity index (χ2v) is 5.36. The molecule has 0 aromatic carbocycles. The lowest BCUT2D eigenvalue weighted by Gasteiger charge is -2.22. The molecular formula is C15H28N2O4. The van der Waals surface area contributed by atoms with E-state index in [1.165, 1.54) is 0 Å². The van der Waals surface area contributed by atoms with E-state index >= 15 is 0 Å². The second kappa shape index (κ2) is 10.2. The van der Waals surface area contributed by atoms with Gasteiger partial charge in [-0.15, -0.1) is 0 Å². The molecule has 0 saturated heterocycles. The predicted octanol–water partition coefficient (Wildman–Crippen LogP) is 1.64. The Balaban J connectivity index is 4.22. The van der Waals surface area contributed by atoms with Gasteiger partial charge >= 0.3 is 5.97 Å². The molecule has 0 aliphatic carbocycles. The van der Waals surface area contributed by atoms with Gasteiger partial charge in [0, 0.05) is 32.0 Å². The topological polar surface area (TPSA) is 86.7 Å². The molecule has 0 bridgehead atoms. The summed E-state index contributed by atoms with van der Waals surface area (Å²) >= 11 is 0. The molecule has 21 heavy (non-hydrogen) atoms. The van der Waals surface area contributed by atoms with Crippen LogP contribution in [-0.4, -0.2) is 46.9 Å². The van der Waals surface area contributed by atoms with Gasteiger partial charge in [0.15, 0.2) is 0 Å². The molecule has 0 saturated carbocycles. The Hall–Kier alpha value is -1.59. The molecule has 0 heterocycles. The number of aliphatic carboxylic acids is 1. The van der Waals surface area contributed by atoms with Crippen molar-refractivity contribution in [1.29, 1.82) is 0 Å². The van der Waals surface area contributed by atoms with Gasteiger partial charge in [0.2, 0.25) is 11.8 Å². The van der Waals surface area contributed by atoms with E-state index in [2.05, 4.69) is 5.32 Å². The van der Waals surface area contributed by atoms with E-state index in [4.69, 9.17) is 5.11 Å². The van der Waals surface area contributed by atoms with Crippen LogP contribution < -0.4 is 5.32 Å². The average Bonchev–Trinajstić information content (AvgIpc) is 2.43. The van der Waals surface area contributed by atoms with E-state index in [-0.39, 0.29) is 24.7 Å². The summed E-state index contributed by atoms with van der Waals surface area (Å²) in [7, 11) is 0. The highest BCUT2D eigenvalue weighted by Gasteiger charge is 2.21. The SMILES string of the molecule is CCCN(CCC)C(=O)CCC(=O)NC(C)C(C)C(=O)O. The zero-order valence-corrected chi connectivity index (χ0v) is 13.5. The van der Waals surface area contributed by atoms with E-state index in [0.29, 0.717) is 13.1 Å². The Bertz CT molecular complexity index is 352. The molecule has 2 amide bonds. The number of rotatable bonds is 10. The Kier molecular flexibility index (Phi) is 9.41. The first-order valence-corrected chi connectivity index (χ1v) is 7.63. The van der Waals surface area contributed by atoms with Crippen LogP contribution in [-0.2, 0) is 14.4 Å². The fraction of sp³-hybridized carbons (Fsp3) is 0.800. The molecule has 2 atom stereocenters. The maximum Gasteiger partial charge on any atom is 0.308 e. The normalized spacial score (nSPS) is 13.3. The monoisotopic (exact) mass is 300 g/mol. The minimum absolute atomic E-state index is 0.0206. The second-order valence-electron chi connectivity index (χ2n) is 5.36. The summed E-state index contributed by atoms with van der Waals surface area (Å²) in [6.45, 7) is 8.64. The van der Waals surface area contributed by atoms with Crippen molar-refractivity contribution in [1.82, 2.24) is 10.2 Å². The van der Waals surface area contributed by atoms with Crippen LogP contribution in [0.2, 0.25) is 0 Å². The van der Waals surface area contributed by atoms with Crippen LogP contribution in [0.4, 0.5) is 0 Å². The van der Waals surface area contributed by atoms with Gasteiger partial charge in [0.1, 0.15) is 0 Å². The summed E-state index contributed by atoms with van der Waals surface area (Å²) in [5, 5.41) is 11.5. The lowest BCUT2D eigenvalue weighted by Crippen LogP contribution is -2.40. The van der Waals surface area contributed by atoms with E-state index in [1.807, 2.05) is 13.8 Å². The van der Waals surface area contributed by atoms with Crippen molar-refractivity contribution in [2.24, 2.45) is 5.92 Å². The van der Waals surface area contributed by atoms with Crippen LogP contribution in [0.5, 0.6) is 0 Å². The highest BCUT2D eigenvalue weighted by Crippen LogP contribution is 2.05. The quantitative estimate of drug-likeness (QED) is 0.642. The van der Waals surface area contributed by atoms with Crippen LogP contribution in [0.25, 0.3) is 0 Å². The molecule has 2 unspecified atom stereocenters. The first-order valence-electron chi connectivity index (χ1n) is 7.63. The number of hydrogen-bond donors (Lipinski definition) is 2. The van der Waals surface area contributed by atoms with Gasteiger partial charge in [0.25, 0.3) is 0 Å². The van der Waals surface area contributed by atoms with Gasteiger partial charge in [0.05, 0.1) is 5.92 Å². The molecule has 6 heteroatoms. The number of hydrogen-bond acceptors (Lipinski definition) is 3. The maximum atomic E-state index is 12.0. The Morgan fingerprint density at radius 1 is 1.05 bits per heavy atom. The van der Waals surface area contributed by atoms with Gasteiger partial charge < -0.3 is 15.3 Å². The number of carboxylic acid groups (broad SMARTS) is 1. The van der Waals surface area contributed by atoms with Gasteiger partial charge in [-0.3, -0.25) is 14.4 Å². The van der Waals surface area contributed by atoms with Crippen molar-refractivity contribution in [2.45, 2.75) is 59.4 Å². The van der Waals surface area contributed by atoms with Crippen LogP contribution in [0.1, 0.15) is 53.4 Å². The first kappa shape index (κ1) is 19.4. The molecule has 0 aromatic rings. The zero-order valence-electron chi connectivity index (χ0n) is 13.5. The molecule has 0 aromatic heterocycles. The summed E-state index contributed by atoms with van der Waals surface area (Å²) in [6, 6.07) is -0.451. The molecule has 122 valence electrons. The molecule has 0 radical (unpaired) electrons. The Labute approximate surface area is 126 Å². The molecule has 0 aliphatic rings. The van der Waals surface area contributed by atoms with E-state index in [9.17, 15) is 14.4 Å². The summed E-state index contributed by atoms with van der Waals surface area (Å²) in [4.78, 5) is 36.3. The number of nitrogens with one attached hydrogen (secondary N) is 1. The lowest BCUT2D eigenvalue weighted by molar-refractivity contribution is -0.142. The maximum absolute atomic E-state index is 12.0. The van der Waals surface area contributed by atoms with E-state index < -0.39 is 17.9 Å². The molecule has 0 spiro atoms. The summed E-state index contributed by atoms with van der Waals surface area (Å²) in [5.74, 6) is -1.90. The molecule has 6 nitrogen and oxygen atoms in total. The van der Waals surface area contributed by atoms with Gasteiger partial charge in [-0.1, -0.05) is 13.8 Å². The molecular weight excluding hydrogens is 272 g/mol. The van der Waals surface area contributed by atoms with E-state index in [1.54, 1.807) is 18.7 Å². The first-order chi connectivity index (χ1) is 9.83. The summed E-state index contributed by atoms with van der Waals surface area (Å²) < 4.78 is 0. The van der Waals surface area contributed by atoms with Gasteiger partial charge in [-0.05, 0) is 26.7 Å². The molecule has 0 fully saturated rings. The zero-order chi connectivity index (χ0) is 16.4. The van der Waals surface area contributed by atoms with Crippen molar-refractivity contribution >= 4 is 17.8 Å². The standard InChI is InChI=1S/C15H28N2O4/c1-5-9-17(10-6-2)14(19)8-7-13(18)16-12(4)11(3)15(20)21/h11-12H,5-10H2,1-4H3,(H,16,18)(H,20,21). The van der Waals surface area contributed by atoms with Gasteiger partial charge in [-0.25, -0.2) is 0 Å². The van der Waals surface area contributed by atoms with Crippen molar-refractivity contribution in [3.8, 4) is 0 Å². The number of carbonyl (C=O) groups excluding carboxylic acids is 2. The van der Waals surface area contributed by atoms with Crippen molar-refractivity contribution in [2.75, 3.05) is 13.1 Å². The summed E-state index contributed by atoms with van der Waals surface area (Å²) in [5.41, 5.74) is 0. The highest BCUT2D eigenvalue weighted by atomic mass is 16.4. The minimum Gasteiger partial charge on any atom is -0.481 e. The number of carboxylic acids is 1. The van der Waals surface area contributed by atoms with Crippen LogP contribution in [0.15, 0.2) is 0 Å². The molecule has 0 rings (SSSR count). The minimum atomic E-state index is -0.948. The Morgan fingerprint density at radius 2 is 1.57 bits per heavy atom.